The molecule has 0 saturated heterocycles. The standard InChI is InChI=1S/C60H44N4O2P2/c65-67(61(51-27-11-3-12-28-51)57-35-19-20-36-58(57)62(67)52-29-13-4-14-30-52)55-42-50(49-40-47(45-23-7-1-8-24-45)39-48(41-49)46-25-9-2-10-26-46)43-56(44-55)68(66)63(53-31-15-5-16-32-53)59-37-21-22-38-60(59)64(68)54-33-17-6-18-34-54/h1-44H. The van der Waals surface area contributed by atoms with Gasteiger partial charge in [0.1, 0.15) is 0 Å². The number of hydrogen-bond donors (Lipinski definition) is 0. The summed E-state index contributed by atoms with van der Waals surface area (Å²) < 4.78 is 43.3. The molecule has 0 radical (unpaired) electrons. The molecule has 0 aliphatic carbocycles. The second-order valence-corrected chi connectivity index (χ2v) is 21.7. The number of rotatable bonds is 9. The van der Waals surface area contributed by atoms with Gasteiger partial charge < -0.3 is 0 Å². The van der Waals surface area contributed by atoms with Crippen molar-refractivity contribution >= 4 is 71.0 Å². The van der Waals surface area contributed by atoms with Crippen LogP contribution in [0.4, 0.5) is 45.5 Å². The van der Waals surface area contributed by atoms with Crippen LogP contribution in [-0.2, 0) is 9.13 Å². The summed E-state index contributed by atoms with van der Waals surface area (Å²) in [4.78, 5) is 0. The third-order valence-corrected chi connectivity index (χ3v) is 18.6. The Morgan fingerprint density at radius 3 is 0.721 bits per heavy atom. The molecule has 0 unspecified atom stereocenters. The molecule has 10 aromatic rings. The molecule has 2 aliphatic rings. The van der Waals surface area contributed by atoms with Crippen molar-refractivity contribution in [3.05, 3.63) is 267 Å². The highest BCUT2D eigenvalue weighted by Gasteiger charge is 2.52. The Labute approximate surface area is 397 Å². The van der Waals surface area contributed by atoms with E-state index in [0.717, 1.165) is 78.9 Å². The van der Waals surface area contributed by atoms with Gasteiger partial charge in [-0.05, 0) is 143 Å². The fourth-order valence-electron chi connectivity index (χ4n) is 9.82. The molecule has 2 aliphatic heterocycles. The topological polar surface area (TPSA) is 47.1 Å². The lowest BCUT2D eigenvalue weighted by molar-refractivity contribution is 0.582. The maximum Gasteiger partial charge on any atom is 0.301 e. The zero-order valence-electron chi connectivity index (χ0n) is 36.9. The maximum absolute atomic E-state index is 17.6. The van der Waals surface area contributed by atoms with Gasteiger partial charge in [-0.3, -0.25) is 27.8 Å². The lowest BCUT2D eigenvalue weighted by Crippen LogP contribution is -2.32. The molecule has 68 heavy (non-hydrogen) atoms. The molecule has 10 aromatic carbocycles. The summed E-state index contributed by atoms with van der Waals surface area (Å²) in [5.41, 5.74) is 12.2. The zero-order valence-corrected chi connectivity index (χ0v) is 38.7. The molecule has 6 nitrogen and oxygen atoms in total. The van der Waals surface area contributed by atoms with Gasteiger partial charge in [-0.1, -0.05) is 158 Å². The average molecular weight is 915 g/mol. The van der Waals surface area contributed by atoms with Crippen molar-refractivity contribution in [2.45, 2.75) is 0 Å². The number of benzene rings is 10. The highest BCUT2D eigenvalue weighted by atomic mass is 31.2. The van der Waals surface area contributed by atoms with Gasteiger partial charge in [0.15, 0.2) is 0 Å². The van der Waals surface area contributed by atoms with Crippen LogP contribution in [0.25, 0.3) is 33.4 Å². The Bertz CT molecular complexity index is 3170. The molecule has 326 valence electrons. The predicted molar refractivity (Wildman–Crippen MR) is 284 cm³/mol. The van der Waals surface area contributed by atoms with Crippen molar-refractivity contribution < 1.29 is 9.13 Å². The first-order valence-electron chi connectivity index (χ1n) is 22.7. The molecule has 0 fully saturated rings. The lowest BCUT2D eigenvalue weighted by atomic mass is 9.93. The normalized spacial score (nSPS) is 14.4. The van der Waals surface area contributed by atoms with Crippen molar-refractivity contribution in [2.75, 3.05) is 18.7 Å². The summed E-state index contributed by atoms with van der Waals surface area (Å²) in [6, 6.07) is 89.7. The fraction of sp³-hybridized carbons (Fsp3) is 0. The van der Waals surface area contributed by atoms with Crippen LogP contribution in [0.5, 0.6) is 0 Å². The van der Waals surface area contributed by atoms with Crippen molar-refractivity contribution in [1.82, 2.24) is 0 Å². The zero-order chi connectivity index (χ0) is 45.7. The molecule has 0 atom stereocenters. The van der Waals surface area contributed by atoms with Crippen molar-refractivity contribution in [3.8, 4) is 33.4 Å². The molecule has 0 spiro atoms. The predicted octanol–water partition coefficient (Wildman–Crippen LogP) is 16.3. The first kappa shape index (κ1) is 41.3. The minimum Gasteiger partial charge on any atom is -0.270 e. The van der Waals surface area contributed by atoms with Crippen molar-refractivity contribution in [2.24, 2.45) is 0 Å². The largest absolute Gasteiger partial charge is 0.301 e. The number of fused-ring (bicyclic) bond motifs is 2. The minimum absolute atomic E-state index is 0.535. The molecule has 0 bridgehead atoms. The molecule has 0 aromatic heterocycles. The van der Waals surface area contributed by atoms with E-state index < -0.39 is 14.9 Å². The van der Waals surface area contributed by atoms with E-state index in [-0.39, 0.29) is 0 Å². The van der Waals surface area contributed by atoms with E-state index >= 15 is 9.13 Å². The van der Waals surface area contributed by atoms with E-state index in [1.165, 1.54) is 0 Å². The van der Waals surface area contributed by atoms with Gasteiger partial charge in [-0.15, -0.1) is 0 Å². The Balaban J connectivity index is 1.21. The van der Waals surface area contributed by atoms with E-state index in [1.54, 1.807) is 0 Å². The van der Waals surface area contributed by atoms with Crippen LogP contribution < -0.4 is 29.3 Å². The summed E-state index contributed by atoms with van der Waals surface area (Å²) in [5.74, 6) is 0. The second-order valence-electron chi connectivity index (χ2n) is 16.9. The SMILES string of the molecule is O=P1(c2cc(-c3cc(-c4ccccc4)cc(-c4ccccc4)c3)cc(P3(=O)N(c4ccccc4)c4ccccc4N3c3ccccc3)c2)N(c2ccccc2)c2ccccc2N1c1ccccc1. The maximum atomic E-state index is 17.6. The number of para-hydroxylation sites is 8. The van der Waals surface area contributed by atoms with Gasteiger partial charge in [0.05, 0.1) is 33.4 Å². The van der Waals surface area contributed by atoms with Crippen LogP contribution in [0.15, 0.2) is 267 Å². The quantitative estimate of drug-likeness (QED) is 0.134. The Kier molecular flexibility index (Phi) is 10.3. The minimum atomic E-state index is -4.00. The highest BCUT2D eigenvalue weighted by molar-refractivity contribution is 7.77. The third-order valence-electron chi connectivity index (χ3n) is 12.8. The van der Waals surface area contributed by atoms with Crippen LogP contribution in [0.3, 0.4) is 0 Å². The van der Waals surface area contributed by atoms with E-state index in [0.29, 0.717) is 10.6 Å². The molecule has 8 heteroatoms. The molecule has 0 amide bonds. The van der Waals surface area contributed by atoms with Crippen LogP contribution >= 0.6 is 14.9 Å². The van der Waals surface area contributed by atoms with Gasteiger partial charge >= 0.3 is 14.9 Å². The van der Waals surface area contributed by atoms with E-state index in [2.05, 4.69) is 78.9 Å². The molecular weight excluding hydrogens is 871 g/mol. The number of nitrogens with zero attached hydrogens (tertiary/aromatic N) is 4. The van der Waals surface area contributed by atoms with Gasteiger partial charge in [-0.25, -0.2) is 0 Å². The summed E-state index contributed by atoms with van der Waals surface area (Å²) in [6.45, 7) is 0. The van der Waals surface area contributed by atoms with Crippen LogP contribution in [0, 0.1) is 0 Å². The van der Waals surface area contributed by atoms with E-state index in [4.69, 9.17) is 0 Å². The van der Waals surface area contributed by atoms with Gasteiger partial charge in [0.25, 0.3) is 0 Å². The first-order chi connectivity index (χ1) is 33.5. The summed E-state index contributed by atoms with van der Waals surface area (Å²) in [6.07, 6.45) is 0. The van der Waals surface area contributed by atoms with Crippen LogP contribution in [0.1, 0.15) is 0 Å². The number of hydrogen-bond acceptors (Lipinski definition) is 2. The molecule has 2 heterocycles. The second kappa shape index (κ2) is 16.9. The smallest absolute Gasteiger partial charge is 0.270 e. The van der Waals surface area contributed by atoms with Crippen molar-refractivity contribution in [1.29, 1.82) is 0 Å². The van der Waals surface area contributed by atoms with Crippen LogP contribution in [-0.4, -0.2) is 0 Å². The monoisotopic (exact) mass is 914 g/mol. The van der Waals surface area contributed by atoms with E-state index in [9.17, 15) is 0 Å². The number of anilines is 8. The van der Waals surface area contributed by atoms with Gasteiger partial charge in [0.2, 0.25) is 0 Å². The molecule has 12 rings (SSSR count). The van der Waals surface area contributed by atoms with Gasteiger partial charge in [0, 0.05) is 22.7 Å². The van der Waals surface area contributed by atoms with Gasteiger partial charge in [-0.2, -0.15) is 0 Å². The Hall–Kier alpha value is -8.14. The molecule has 0 N–H and O–H groups in total. The van der Waals surface area contributed by atoms with E-state index in [1.807, 2.05) is 207 Å². The summed E-state index contributed by atoms with van der Waals surface area (Å²) in [7, 11) is -8.00. The molecular formula is C60H44N4O2P2. The highest BCUT2D eigenvalue weighted by Crippen LogP contribution is 2.72. The Morgan fingerprint density at radius 1 is 0.221 bits per heavy atom. The fourth-order valence-corrected chi connectivity index (χ4v) is 16.1. The molecule has 0 saturated carbocycles. The Morgan fingerprint density at radius 2 is 0.441 bits per heavy atom. The van der Waals surface area contributed by atoms with Crippen molar-refractivity contribution in [3.63, 3.8) is 0 Å². The summed E-state index contributed by atoms with van der Waals surface area (Å²) in [5, 5.41) is 1.07. The summed E-state index contributed by atoms with van der Waals surface area (Å²) >= 11 is 0. The third kappa shape index (κ3) is 6.80. The first-order valence-corrected chi connectivity index (χ1v) is 26.0. The average Bonchev–Trinajstić information content (AvgIpc) is 3.85. The van der Waals surface area contributed by atoms with Crippen LogP contribution in [0.2, 0.25) is 0 Å². The lowest BCUT2D eigenvalue weighted by Gasteiger charge is -2.36.